The molecule has 0 aliphatic heterocycles. The van der Waals surface area contributed by atoms with Crippen LogP contribution in [0.25, 0.3) is 0 Å². The molecule has 1 aromatic heterocycles. The van der Waals surface area contributed by atoms with Crippen LogP contribution in [0.5, 0.6) is 0 Å². The number of hydrogen-bond donors (Lipinski definition) is 1. The third kappa shape index (κ3) is 1.64. The van der Waals surface area contributed by atoms with E-state index in [4.69, 9.17) is 0 Å². The number of aromatic carboxylic acids is 1. The quantitative estimate of drug-likeness (QED) is 0.852. The molecular weight excluding hydrogens is 202 g/mol. The van der Waals surface area contributed by atoms with Gasteiger partial charge in [0.05, 0.1) is 0 Å². The molecule has 1 N–H and O–H groups in total. The van der Waals surface area contributed by atoms with Crippen LogP contribution in [0.2, 0.25) is 0 Å². The van der Waals surface area contributed by atoms with Crippen LogP contribution in [-0.2, 0) is 6.54 Å². The fourth-order valence-electron chi connectivity index (χ4n) is 2.41. The molecule has 0 aromatic carbocycles. The van der Waals surface area contributed by atoms with Gasteiger partial charge in [-0.15, -0.1) is 0 Å². The third-order valence-corrected chi connectivity index (χ3v) is 4.03. The molecule has 0 radical (unpaired) electrons. The number of carbonyl (C=O) groups is 1. The van der Waals surface area contributed by atoms with Crippen molar-refractivity contribution in [1.82, 2.24) is 4.57 Å². The van der Waals surface area contributed by atoms with Crippen molar-refractivity contribution >= 4 is 5.97 Å². The minimum Gasteiger partial charge on any atom is -0.477 e. The fraction of sp³-hybridized carbons (Fsp3) is 0.615. The molecule has 1 fully saturated rings. The monoisotopic (exact) mass is 221 g/mol. The Kier molecular flexibility index (Phi) is 2.56. The lowest BCUT2D eigenvalue weighted by Gasteiger charge is -2.09. The summed E-state index contributed by atoms with van der Waals surface area (Å²) in [4.78, 5) is 11.3. The molecule has 1 saturated carbocycles. The van der Waals surface area contributed by atoms with Crippen molar-refractivity contribution in [3.8, 4) is 0 Å². The Morgan fingerprint density at radius 3 is 2.38 bits per heavy atom. The average Bonchev–Trinajstić information content (AvgIpc) is 2.85. The van der Waals surface area contributed by atoms with Gasteiger partial charge in [-0.05, 0) is 50.2 Å². The zero-order valence-electron chi connectivity index (χ0n) is 10.4. The lowest BCUT2D eigenvalue weighted by atomic mass is 10.1. The van der Waals surface area contributed by atoms with Crippen molar-refractivity contribution in [2.45, 2.75) is 40.7 Å². The molecule has 1 aliphatic carbocycles. The largest absolute Gasteiger partial charge is 0.477 e. The first-order chi connectivity index (χ1) is 7.43. The number of carboxylic acid groups (broad SMARTS) is 1. The van der Waals surface area contributed by atoms with Crippen LogP contribution < -0.4 is 0 Å². The SMILES string of the molecule is Cc1c(C)c(C(=O)O)n(CC2CC2C)c1C. The zero-order valence-corrected chi connectivity index (χ0v) is 10.4. The van der Waals surface area contributed by atoms with E-state index in [0.29, 0.717) is 11.6 Å². The van der Waals surface area contributed by atoms with Gasteiger partial charge in [0.25, 0.3) is 0 Å². The molecule has 1 heterocycles. The van der Waals surface area contributed by atoms with Crippen molar-refractivity contribution in [3.05, 3.63) is 22.5 Å². The molecule has 88 valence electrons. The molecule has 0 bridgehead atoms. The Balaban J connectivity index is 2.41. The van der Waals surface area contributed by atoms with E-state index in [9.17, 15) is 9.90 Å². The highest BCUT2D eigenvalue weighted by Gasteiger charge is 2.34. The summed E-state index contributed by atoms with van der Waals surface area (Å²) in [6, 6.07) is 0. The van der Waals surface area contributed by atoms with E-state index in [-0.39, 0.29) is 0 Å². The zero-order chi connectivity index (χ0) is 12.0. The maximum absolute atomic E-state index is 11.3. The number of aromatic nitrogens is 1. The second-order valence-corrected chi connectivity index (χ2v) is 5.07. The lowest BCUT2D eigenvalue weighted by molar-refractivity contribution is 0.0683. The molecule has 0 spiro atoms. The summed E-state index contributed by atoms with van der Waals surface area (Å²) in [5.74, 6) is 0.620. The van der Waals surface area contributed by atoms with Crippen molar-refractivity contribution in [1.29, 1.82) is 0 Å². The maximum atomic E-state index is 11.3. The molecule has 0 saturated heterocycles. The highest BCUT2D eigenvalue weighted by Crippen LogP contribution is 2.40. The summed E-state index contributed by atoms with van der Waals surface area (Å²) in [6.45, 7) is 9.01. The fourth-order valence-corrected chi connectivity index (χ4v) is 2.41. The van der Waals surface area contributed by atoms with Gasteiger partial charge in [0.2, 0.25) is 0 Å². The summed E-state index contributed by atoms with van der Waals surface area (Å²) in [5.41, 5.74) is 3.62. The number of nitrogens with zero attached hydrogens (tertiary/aromatic N) is 1. The topological polar surface area (TPSA) is 42.2 Å². The normalized spacial score (nSPS) is 23.5. The van der Waals surface area contributed by atoms with Crippen LogP contribution >= 0.6 is 0 Å². The summed E-state index contributed by atoms with van der Waals surface area (Å²) in [6.07, 6.45) is 1.23. The molecular formula is C13H19NO2. The van der Waals surface area contributed by atoms with Crippen molar-refractivity contribution in [3.63, 3.8) is 0 Å². The predicted molar refractivity (Wildman–Crippen MR) is 62.9 cm³/mol. The van der Waals surface area contributed by atoms with E-state index in [2.05, 4.69) is 6.92 Å². The first kappa shape index (κ1) is 11.2. The van der Waals surface area contributed by atoms with Crippen LogP contribution in [0.3, 0.4) is 0 Å². The summed E-state index contributed by atoms with van der Waals surface area (Å²) < 4.78 is 1.99. The molecule has 3 heteroatoms. The highest BCUT2D eigenvalue weighted by atomic mass is 16.4. The van der Waals surface area contributed by atoms with Gasteiger partial charge in [-0.1, -0.05) is 6.92 Å². The minimum absolute atomic E-state index is 0.481. The van der Waals surface area contributed by atoms with Crippen LogP contribution in [0.15, 0.2) is 0 Å². The van der Waals surface area contributed by atoms with Gasteiger partial charge in [0, 0.05) is 12.2 Å². The number of hydrogen-bond acceptors (Lipinski definition) is 1. The molecule has 2 atom stereocenters. The molecule has 2 unspecified atom stereocenters. The molecule has 1 aromatic rings. The van der Waals surface area contributed by atoms with Crippen molar-refractivity contribution in [2.75, 3.05) is 0 Å². The lowest BCUT2D eigenvalue weighted by Crippen LogP contribution is -2.12. The van der Waals surface area contributed by atoms with E-state index in [1.54, 1.807) is 0 Å². The molecule has 0 amide bonds. The van der Waals surface area contributed by atoms with E-state index >= 15 is 0 Å². The number of carboxylic acids is 1. The van der Waals surface area contributed by atoms with Crippen LogP contribution in [-0.4, -0.2) is 15.6 Å². The van der Waals surface area contributed by atoms with Gasteiger partial charge in [-0.25, -0.2) is 4.79 Å². The second-order valence-electron chi connectivity index (χ2n) is 5.07. The molecule has 16 heavy (non-hydrogen) atoms. The van der Waals surface area contributed by atoms with Crippen molar-refractivity contribution in [2.24, 2.45) is 11.8 Å². The Hall–Kier alpha value is -1.25. The van der Waals surface area contributed by atoms with E-state index < -0.39 is 5.97 Å². The Morgan fingerprint density at radius 2 is 1.94 bits per heavy atom. The first-order valence-corrected chi connectivity index (χ1v) is 5.83. The predicted octanol–water partition coefficient (Wildman–Crippen LogP) is 2.77. The number of rotatable bonds is 3. The van der Waals surface area contributed by atoms with Gasteiger partial charge in [-0.3, -0.25) is 0 Å². The van der Waals surface area contributed by atoms with Crippen LogP contribution in [0, 0.1) is 32.6 Å². The second kappa shape index (κ2) is 3.65. The van der Waals surface area contributed by atoms with Crippen molar-refractivity contribution < 1.29 is 9.90 Å². The standard InChI is InChI=1S/C13H19NO2/c1-7-5-11(7)6-14-10(4)8(2)9(3)12(14)13(15)16/h7,11H,5-6H2,1-4H3,(H,15,16). The Bertz CT molecular complexity index is 445. The Labute approximate surface area is 96.1 Å². The van der Waals surface area contributed by atoms with Gasteiger partial charge in [-0.2, -0.15) is 0 Å². The van der Waals surface area contributed by atoms with Gasteiger partial charge in [0.1, 0.15) is 5.69 Å². The maximum Gasteiger partial charge on any atom is 0.352 e. The van der Waals surface area contributed by atoms with Gasteiger partial charge < -0.3 is 9.67 Å². The summed E-state index contributed by atoms with van der Waals surface area (Å²) in [7, 11) is 0. The molecule has 2 rings (SSSR count). The average molecular weight is 221 g/mol. The molecule has 3 nitrogen and oxygen atoms in total. The highest BCUT2D eigenvalue weighted by molar-refractivity contribution is 5.88. The Morgan fingerprint density at radius 1 is 1.38 bits per heavy atom. The molecule has 1 aliphatic rings. The smallest absolute Gasteiger partial charge is 0.352 e. The summed E-state index contributed by atoms with van der Waals surface area (Å²) >= 11 is 0. The first-order valence-electron chi connectivity index (χ1n) is 5.83. The van der Waals surface area contributed by atoms with E-state index in [1.165, 1.54) is 6.42 Å². The minimum atomic E-state index is -0.804. The van der Waals surface area contributed by atoms with Crippen LogP contribution in [0.4, 0.5) is 0 Å². The third-order valence-electron chi connectivity index (χ3n) is 4.03. The van der Waals surface area contributed by atoms with E-state index in [1.807, 2.05) is 25.3 Å². The van der Waals surface area contributed by atoms with Crippen LogP contribution in [0.1, 0.15) is 40.7 Å². The summed E-state index contributed by atoms with van der Waals surface area (Å²) in [5, 5.41) is 9.26. The van der Waals surface area contributed by atoms with Gasteiger partial charge in [0.15, 0.2) is 0 Å². The van der Waals surface area contributed by atoms with Gasteiger partial charge >= 0.3 is 5.97 Å². The van der Waals surface area contributed by atoms with E-state index in [0.717, 1.165) is 29.3 Å².